The molecule has 2 amide bonds. The lowest BCUT2D eigenvalue weighted by Gasteiger charge is -2.45. The van der Waals surface area contributed by atoms with Gasteiger partial charge in [-0.2, -0.15) is 0 Å². The number of nitrogens with one attached hydrogen (secondary N) is 1. The molecule has 146 valence electrons. The molecule has 4 rings (SSSR count). The van der Waals surface area contributed by atoms with E-state index >= 15 is 0 Å². The van der Waals surface area contributed by atoms with Gasteiger partial charge >= 0.3 is 0 Å². The molecule has 5 nitrogen and oxygen atoms in total. The molecule has 3 atom stereocenters. The summed E-state index contributed by atoms with van der Waals surface area (Å²) >= 11 is 0. The summed E-state index contributed by atoms with van der Waals surface area (Å²) in [5.74, 6) is -1.30. The zero-order chi connectivity index (χ0) is 19.7. The summed E-state index contributed by atoms with van der Waals surface area (Å²) in [6.45, 7) is 0.830. The number of rotatable bonds is 5. The number of carbonyl (C=O) groups excluding carboxylic acids is 2. The molecular formula is C22H24FN3O2. The normalized spacial score (nSPS) is 26.8. The summed E-state index contributed by atoms with van der Waals surface area (Å²) in [5, 5.41) is 2.89. The standard InChI is InChI=1S/C22H24FN3O2/c23-17-8-6-16(7-9-17)20(27)25-22(21(24)28)12-18-10-11-19(13-22)26(18)14-15-4-2-1-3-5-15/h1-9,18-19H,10-14H2,(H2,24,28)(H,25,27)/t18-,19+,22?. The summed E-state index contributed by atoms with van der Waals surface area (Å²) in [5.41, 5.74) is 6.26. The molecule has 3 N–H and O–H groups in total. The van der Waals surface area contributed by atoms with Crippen molar-refractivity contribution in [1.82, 2.24) is 10.2 Å². The van der Waals surface area contributed by atoms with Gasteiger partial charge in [-0.1, -0.05) is 30.3 Å². The summed E-state index contributed by atoms with van der Waals surface area (Å²) in [6.07, 6.45) is 2.97. The maximum atomic E-state index is 13.1. The minimum atomic E-state index is -1.06. The molecule has 6 heteroatoms. The van der Waals surface area contributed by atoms with Gasteiger partial charge in [-0.3, -0.25) is 14.5 Å². The summed E-state index contributed by atoms with van der Waals surface area (Å²) < 4.78 is 13.1. The smallest absolute Gasteiger partial charge is 0.252 e. The second-order valence-corrected chi connectivity index (χ2v) is 7.86. The lowest BCUT2D eigenvalue weighted by atomic mass is 9.81. The largest absolute Gasteiger partial charge is 0.368 e. The van der Waals surface area contributed by atoms with Crippen LogP contribution < -0.4 is 11.1 Å². The molecule has 0 aromatic heterocycles. The van der Waals surface area contributed by atoms with Gasteiger partial charge in [0.15, 0.2) is 0 Å². The van der Waals surface area contributed by atoms with Gasteiger partial charge in [0.1, 0.15) is 11.4 Å². The van der Waals surface area contributed by atoms with Crippen LogP contribution in [0.5, 0.6) is 0 Å². The maximum absolute atomic E-state index is 13.1. The van der Waals surface area contributed by atoms with E-state index in [2.05, 4.69) is 22.3 Å². The maximum Gasteiger partial charge on any atom is 0.252 e. The number of halogens is 1. The Morgan fingerprint density at radius 2 is 1.64 bits per heavy atom. The molecule has 0 saturated carbocycles. The first-order valence-corrected chi connectivity index (χ1v) is 9.64. The Hall–Kier alpha value is -2.73. The molecule has 0 spiro atoms. The highest BCUT2D eigenvalue weighted by molar-refractivity contribution is 5.99. The molecule has 2 aromatic carbocycles. The van der Waals surface area contributed by atoms with E-state index in [9.17, 15) is 14.0 Å². The second-order valence-electron chi connectivity index (χ2n) is 7.86. The molecule has 2 fully saturated rings. The van der Waals surface area contributed by atoms with Crippen LogP contribution in [0, 0.1) is 5.82 Å². The van der Waals surface area contributed by atoms with E-state index in [0.29, 0.717) is 18.4 Å². The minimum absolute atomic E-state index is 0.194. The van der Waals surface area contributed by atoms with E-state index < -0.39 is 23.2 Å². The van der Waals surface area contributed by atoms with Crippen LogP contribution in [-0.2, 0) is 11.3 Å². The van der Waals surface area contributed by atoms with Crippen molar-refractivity contribution in [3.05, 3.63) is 71.5 Å². The fourth-order valence-corrected chi connectivity index (χ4v) is 4.65. The Labute approximate surface area is 163 Å². The fraction of sp³-hybridized carbons (Fsp3) is 0.364. The lowest BCUT2D eigenvalue weighted by molar-refractivity contribution is -0.127. The van der Waals surface area contributed by atoms with Gasteiger partial charge in [0, 0.05) is 24.2 Å². The Morgan fingerprint density at radius 1 is 1.04 bits per heavy atom. The monoisotopic (exact) mass is 381 g/mol. The first-order valence-electron chi connectivity index (χ1n) is 9.64. The molecule has 2 heterocycles. The minimum Gasteiger partial charge on any atom is -0.368 e. The summed E-state index contributed by atoms with van der Waals surface area (Å²) in [7, 11) is 0. The highest BCUT2D eigenvalue weighted by Crippen LogP contribution is 2.41. The average Bonchev–Trinajstić information content (AvgIpc) is 2.92. The predicted molar refractivity (Wildman–Crippen MR) is 104 cm³/mol. The van der Waals surface area contributed by atoms with Gasteiger partial charge in [0.2, 0.25) is 5.91 Å². The summed E-state index contributed by atoms with van der Waals surface area (Å²) in [4.78, 5) is 27.5. The molecule has 2 bridgehead atoms. The van der Waals surface area contributed by atoms with Crippen LogP contribution in [-0.4, -0.2) is 34.3 Å². The fourth-order valence-electron chi connectivity index (χ4n) is 4.65. The molecule has 0 radical (unpaired) electrons. The predicted octanol–water partition coefficient (Wildman–Crippen LogP) is 2.61. The van der Waals surface area contributed by atoms with Crippen molar-refractivity contribution in [3.8, 4) is 0 Å². The van der Waals surface area contributed by atoms with Crippen molar-refractivity contribution in [2.45, 2.75) is 49.9 Å². The number of amides is 2. The zero-order valence-corrected chi connectivity index (χ0v) is 15.6. The quantitative estimate of drug-likeness (QED) is 0.836. The van der Waals surface area contributed by atoms with E-state index in [1.165, 1.54) is 29.8 Å². The first-order chi connectivity index (χ1) is 13.5. The van der Waals surface area contributed by atoms with E-state index in [1.54, 1.807) is 0 Å². The van der Waals surface area contributed by atoms with Crippen LogP contribution in [0.3, 0.4) is 0 Å². The number of hydrogen-bond donors (Lipinski definition) is 2. The molecule has 0 aliphatic carbocycles. The van der Waals surface area contributed by atoms with Crippen LogP contribution in [0.4, 0.5) is 4.39 Å². The van der Waals surface area contributed by atoms with Crippen LogP contribution in [0.15, 0.2) is 54.6 Å². The average molecular weight is 381 g/mol. The number of primary amides is 1. The van der Waals surface area contributed by atoms with Crippen molar-refractivity contribution in [1.29, 1.82) is 0 Å². The Kier molecular flexibility index (Phi) is 4.89. The molecule has 2 aliphatic rings. The van der Waals surface area contributed by atoms with Crippen molar-refractivity contribution < 1.29 is 14.0 Å². The number of hydrogen-bond acceptors (Lipinski definition) is 3. The van der Waals surface area contributed by atoms with Crippen LogP contribution in [0.2, 0.25) is 0 Å². The Balaban J connectivity index is 1.52. The van der Waals surface area contributed by atoms with Crippen molar-refractivity contribution >= 4 is 11.8 Å². The molecular weight excluding hydrogens is 357 g/mol. The molecule has 1 unspecified atom stereocenters. The molecule has 2 saturated heterocycles. The van der Waals surface area contributed by atoms with Crippen molar-refractivity contribution in [2.75, 3.05) is 0 Å². The van der Waals surface area contributed by atoms with E-state index in [4.69, 9.17) is 5.73 Å². The summed E-state index contributed by atoms with van der Waals surface area (Å²) in [6, 6.07) is 15.9. The molecule has 2 aliphatic heterocycles. The van der Waals surface area contributed by atoms with E-state index in [1.807, 2.05) is 18.2 Å². The third-order valence-corrected chi connectivity index (χ3v) is 6.08. The van der Waals surface area contributed by atoms with Crippen molar-refractivity contribution in [3.63, 3.8) is 0 Å². The Bertz CT molecular complexity index is 855. The van der Waals surface area contributed by atoms with Gasteiger partial charge in [-0.25, -0.2) is 4.39 Å². The highest BCUT2D eigenvalue weighted by atomic mass is 19.1. The van der Waals surface area contributed by atoms with Crippen LogP contribution in [0.1, 0.15) is 41.6 Å². The van der Waals surface area contributed by atoms with Gasteiger partial charge in [0.25, 0.3) is 5.91 Å². The number of nitrogens with two attached hydrogens (primary N) is 1. The van der Waals surface area contributed by atoms with Crippen molar-refractivity contribution in [2.24, 2.45) is 5.73 Å². The van der Waals surface area contributed by atoms with Crippen LogP contribution >= 0.6 is 0 Å². The third kappa shape index (κ3) is 3.52. The number of piperidine rings is 1. The zero-order valence-electron chi connectivity index (χ0n) is 15.6. The van der Waals surface area contributed by atoms with E-state index in [0.717, 1.165) is 19.4 Å². The van der Waals surface area contributed by atoms with E-state index in [-0.39, 0.29) is 12.1 Å². The second kappa shape index (κ2) is 7.36. The Morgan fingerprint density at radius 3 is 2.21 bits per heavy atom. The van der Waals surface area contributed by atoms with Gasteiger partial charge in [0.05, 0.1) is 0 Å². The topological polar surface area (TPSA) is 75.4 Å². The number of benzene rings is 2. The van der Waals surface area contributed by atoms with Gasteiger partial charge in [-0.15, -0.1) is 0 Å². The molecule has 28 heavy (non-hydrogen) atoms. The molecule has 2 aromatic rings. The third-order valence-electron chi connectivity index (χ3n) is 6.08. The number of nitrogens with zero attached hydrogens (tertiary/aromatic N) is 1. The first kappa shape index (κ1) is 18.6. The van der Waals surface area contributed by atoms with Gasteiger partial charge < -0.3 is 11.1 Å². The van der Waals surface area contributed by atoms with Crippen LogP contribution in [0.25, 0.3) is 0 Å². The lowest BCUT2D eigenvalue weighted by Crippen LogP contribution is -2.64. The van der Waals surface area contributed by atoms with Gasteiger partial charge in [-0.05, 0) is 55.5 Å². The highest BCUT2D eigenvalue weighted by Gasteiger charge is 2.52. The SMILES string of the molecule is NC(=O)C1(NC(=O)c2ccc(F)cc2)C[C@H]2CC[C@@H](C1)N2Cc1ccccc1. The number of fused-ring (bicyclic) bond motifs is 2. The number of carbonyl (C=O) groups is 2.